The Kier molecular flexibility index (Phi) is 5.61. The van der Waals surface area contributed by atoms with E-state index in [4.69, 9.17) is 17.3 Å². The van der Waals surface area contributed by atoms with Crippen LogP contribution >= 0.6 is 12.2 Å². The van der Waals surface area contributed by atoms with Crippen LogP contribution in [0, 0.1) is 6.92 Å². The van der Waals surface area contributed by atoms with E-state index in [0.717, 1.165) is 33.8 Å². The summed E-state index contributed by atoms with van der Waals surface area (Å²) in [6.07, 6.45) is 0. The predicted octanol–water partition coefficient (Wildman–Crippen LogP) is 5.96. The average molecular weight is 503 g/mol. The van der Waals surface area contributed by atoms with Gasteiger partial charge in [0.15, 0.2) is 5.11 Å². The first-order valence-corrected chi connectivity index (χ1v) is 12.7. The number of nitrogens with zero attached hydrogens (tertiary/aromatic N) is 4. The van der Waals surface area contributed by atoms with Crippen molar-refractivity contribution >= 4 is 40.3 Å². The average Bonchev–Trinajstić information content (AvgIpc) is 3.40. The molecule has 5 nitrogen and oxygen atoms in total. The van der Waals surface area contributed by atoms with E-state index in [0.29, 0.717) is 5.11 Å². The maximum absolute atomic E-state index is 14.8. The van der Waals surface area contributed by atoms with Crippen molar-refractivity contribution in [1.29, 1.82) is 0 Å². The van der Waals surface area contributed by atoms with Crippen molar-refractivity contribution in [3.8, 4) is 0 Å². The van der Waals surface area contributed by atoms with Crippen LogP contribution in [-0.4, -0.2) is 34.3 Å². The highest BCUT2D eigenvalue weighted by Crippen LogP contribution is 2.50. The first kappa shape index (κ1) is 23.1. The Labute approximate surface area is 222 Å². The number of likely N-dealkylation sites (N-methyl/N-ethyl adjacent to an activating group) is 1. The summed E-state index contributed by atoms with van der Waals surface area (Å²) in [6, 6.07) is 37.9. The molecule has 0 aliphatic carbocycles. The van der Waals surface area contributed by atoms with E-state index in [1.54, 1.807) is 4.90 Å². The van der Waals surface area contributed by atoms with E-state index in [1.807, 2.05) is 95.8 Å². The Balaban J connectivity index is 1.64. The van der Waals surface area contributed by atoms with Crippen molar-refractivity contribution < 1.29 is 4.79 Å². The third-order valence-corrected chi connectivity index (χ3v) is 7.67. The lowest BCUT2D eigenvalue weighted by Gasteiger charge is -2.41. The summed E-state index contributed by atoms with van der Waals surface area (Å²) in [4.78, 5) is 18.4. The Hall–Kier alpha value is -4.29. The lowest BCUT2D eigenvalue weighted by Crippen LogP contribution is -2.61. The van der Waals surface area contributed by atoms with Gasteiger partial charge >= 0.3 is 0 Å². The minimum absolute atomic E-state index is 0.129. The van der Waals surface area contributed by atoms with Gasteiger partial charge in [-0.15, -0.1) is 0 Å². The summed E-state index contributed by atoms with van der Waals surface area (Å²) >= 11 is 5.97. The van der Waals surface area contributed by atoms with Gasteiger partial charge in [-0.1, -0.05) is 96.6 Å². The van der Waals surface area contributed by atoms with E-state index < -0.39 is 11.6 Å². The molecule has 1 spiro atoms. The largest absolute Gasteiger partial charge is 0.318 e. The molecule has 0 bridgehead atoms. The highest BCUT2D eigenvalue weighted by molar-refractivity contribution is 7.80. The number of rotatable bonds is 4. The molecule has 2 aliphatic heterocycles. The molecule has 1 amide bonds. The van der Waals surface area contributed by atoms with E-state index in [-0.39, 0.29) is 5.91 Å². The van der Waals surface area contributed by atoms with Gasteiger partial charge in [0.25, 0.3) is 5.91 Å². The van der Waals surface area contributed by atoms with Crippen LogP contribution in [0.5, 0.6) is 0 Å². The van der Waals surface area contributed by atoms with Crippen LogP contribution in [0.4, 0.5) is 11.4 Å². The fraction of sp³-hybridized carbons (Fsp3) is 0.129. The van der Waals surface area contributed by atoms with Gasteiger partial charge in [0, 0.05) is 7.05 Å². The lowest BCUT2D eigenvalue weighted by atomic mass is 9.79. The monoisotopic (exact) mass is 502 g/mol. The van der Waals surface area contributed by atoms with Gasteiger partial charge in [0.05, 0.1) is 23.0 Å². The lowest BCUT2D eigenvalue weighted by molar-refractivity contribution is -0.124. The summed E-state index contributed by atoms with van der Waals surface area (Å²) in [6.45, 7) is 2.07. The quantitative estimate of drug-likeness (QED) is 0.323. The van der Waals surface area contributed by atoms with Crippen molar-refractivity contribution in [2.45, 2.75) is 18.5 Å². The SMILES string of the molecule is Cc1ccc(C2C(c3ccccc3)=NN(c3ccccc3)C23C(=O)N(c2ccccc2)C(=S)N3C)cc1. The number of anilines is 2. The maximum Gasteiger partial charge on any atom is 0.283 e. The molecule has 6 heteroatoms. The summed E-state index contributed by atoms with van der Waals surface area (Å²) in [5.74, 6) is -0.532. The fourth-order valence-electron chi connectivity index (χ4n) is 5.41. The number of hydrazone groups is 1. The van der Waals surface area contributed by atoms with E-state index in [9.17, 15) is 4.79 Å². The summed E-state index contributed by atoms with van der Waals surface area (Å²) < 4.78 is 0. The molecule has 2 unspecified atom stereocenters. The second-order valence-electron chi connectivity index (χ2n) is 9.39. The van der Waals surface area contributed by atoms with E-state index in [1.165, 1.54) is 0 Å². The Morgan fingerprint density at radius 1 is 0.757 bits per heavy atom. The topological polar surface area (TPSA) is 39.2 Å². The molecule has 0 N–H and O–H groups in total. The van der Waals surface area contributed by atoms with Crippen LogP contribution in [0.25, 0.3) is 0 Å². The Morgan fingerprint density at radius 2 is 1.30 bits per heavy atom. The van der Waals surface area contributed by atoms with Crippen LogP contribution in [0.3, 0.4) is 0 Å². The zero-order chi connectivity index (χ0) is 25.6. The number of thiocarbonyl (C=S) groups is 1. The molecule has 4 aromatic rings. The number of carbonyl (C=O) groups excluding carboxylic acids is 1. The minimum Gasteiger partial charge on any atom is -0.318 e. The predicted molar refractivity (Wildman–Crippen MR) is 153 cm³/mol. The van der Waals surface area contributed by atoms with Crippen LogP contribution in [0.1, 0.15) is 22.6 Å². The van der Waals surface area contributed by atoms with E-state index >= 15 is 0 Å². The van der Waals surface area contributed by atoms with Crippen molar-refractivity contribution in [3.05, 3.63) is 132 Å². The second kappa shape index (κ2) is 8.98. The minimum atomic E-state index is -1.23. The fourth-order valence-corrected chi connectivity index (χ4v) is 5.73. The van der Waals surface area contributed by atoms with Crippen molar-refractivity contribution in [2.24, 2.45) is 5.10 Å². The van der Waals surface area contributed by atoms with Crippen molar-refractivity contribution in [3.63, 3.8) is 0 Å². The zero-order valence-electron chi connectivity index (χ0n) is 20.7. The number of amides is 1. The van der Waals surface area contributed by atoms with Crippen LogP contribution < -0.4 is 9.91 Å². The number of para-hydroxylation sites is 2. The highest BCUT2D eigenvalue weighted by atomic mass is 32.1. The van der Waals surface area contributed by atoms with Gasteiger partial charge < -0.3 is 4.90 Å². The first-order valence-electron chi connectivity index (χ1n) is 12.3. The van der Waals surface area contributed by atoms with Gasteiger partial charge in [-0.05, 0) is 54.5 Å². The first-order chi connectivity index (χ1) is 18.0. The molecular weight excluding hydrogens is 476 g/mol. The molecule has 0 radical (unpaired) electrons. The molecule has 182 valence electrons. The standard InChI is InChI=1S/C31H26N4OS/c1-22-18-20-23(21-19-22)27-28(24-12-6-3-7-13-24)32-35(26-16-10-5-11-17-26)31(27)29(36)34(30(37)33(31)2)25-14-8-4-9-15-25/h3-21,27H,1-2H3. The van der Waals surface area contributed by atoms with Gasteiger partial charge in [0.1, 0.15) is 0 Å². The molecule has 2 atom stereocenters. The maximum atomic E-state index is 14.8. The molecule has 4 aromatic carbocycles. The van der Waals surface area contributed by atoms with Crippen LogP contribution in [0.2, 0.25) is 0 Å². The van der Waals surface area contributed by atoms with Crippen molar-refractivity contribution in [1.82, 2.24) is 4.90 Å². The van der Waals surface area contributed by atoms with Crippen molar-refractivity contribution in [2.75, 3.05) is 17.0 Å². The third kappa shape index (κ3) is 3.48. The number of hydrogen-bond donors (Lipinski definition) is 0. The molecule has 1 fully saturated rings. The zero-order valence-corrected chi connectivity index (χ0v) is 21.5. The number of aryl methyl sites for hydroxylation is 1. The molecule has 6 rings (SSSR count). The molecule has 37 heavy (non-hydrogen) atoms. The van der Waals surface area contributed by atoms with Crippen LogP contribution in [0.15, 0.2) is 120 Å². The Bertz CT molecular complexity index is 1490. The number of carbonyl (C=O) groups is 1. The summed E-state index contributed by atoms with van der Waals surface area (Å²) in [5.41, 5.74) is 4.29. The summed E-state index contributed by atoms with van der Waals surface area (Å²) in [7, 11) is 1.91. The normalized spacial score (nSPS) is 21.2. The van der Waals surface area contributed by atoms with Gasteiger partial charge in [0.2, 0.25) is 5.66 Å². The molecule has 0 saturated carbocycles. The van der Waals surface area contributed by atoms with E-state index in [2.05, 4.69) is 43.3 Å². The summed E-state index contributed by atoms with van der Waals surface area (Å²) in [5, 5.41) is 7.52. The number of hydrogen-bond acceptors (Lipinski definition) is 4. The van der Waals surface area contributed by atoms with Gasteiger partial charge in [-0.3, -0.25) is 9.69 Å². The highest BCUT2D eigenvalue weighted by Gasteiger charge is 2.67. The molecule has 2 heterocycles. The molecule has 1 saturated heterocycles. The third-order valence-electron chi connectivity index (χ3n) is 7.21. The molecule has 0 aromatic heterocycles. The van der Waals surface area contributed by atoms with Gasteiger partial charge in [-0.2, -0.15) is 5.10 Å². The second-order valence-corrected chi connectivity index (χ2v) is 9.75. The van der Waals surface area contributed by atoms with Crippen LogP contribution in [-0.2, 0) is 4.79 Å². The molecular formula is C31H26N4OS. The Morgan fingerprint density at radius 3 is 1.89 bits per heavy atom. The number of benzene rings is 4. The smallest absolute Gasteiger partial charge is 0.283 e. The molecule has 2 aliphatic rings. The van der Waals surface area contributed by atoms with Gasteiger partial charge in [-0.25, -0.2) is 5.01 Å².